The van der Waals surface area contributed by atoms with Gasteiger partial charge >= 0.3 is 0 Å². The summed E-state index contributed by atoms with van der Waals surface area (Å²) in [7, 11) is 0. The molecule has 1 atom stereocenters. The summed E-state index contributed by atoms with van der Waals surface area (Å²) < 4.78 is 3.92. The predicted molar refractivity (Wildman–Crippen MR) is 126 cm³/mol. The number of carbonyl (C=O) groups is 3. The van der Waals surface area contributed by atoms with Crippen LogP contribution < -0.4 is 21.7 Å². The number of nitrogen functional groups attached to an aromatic ring is 1. The van der Waals surface area contributed by atoms with Gasteiger partial charge in [-0.05, 0) is 61.1 Å². The average molecular weight is 452 g/mol. The third-order valence-corrected chi connectivity index (χ3v) is 5.79. The standard InChI is InChI=1S/C23H25N5O3S/c1-13-9-14(2)11-17(10-13)28(23(31)20-18(24)19(21(25)29)27-32-20)15(3)22(30)26-12-16-7-5-4-6-8-16/h4-11,15H,12,24H2,1-3H3,(H2,25,29)(H,26,30)/t15-/m1/s1. The lowest BCUT2D eigenvalue weighted by atomic mass is 10.1. The van der Waals surface area contributed by atoms with E-state index in [4.69, 9.17) is 11.5 Å². The first-order valence-corrected chi connectivity index (χ1v) is 10.7. The maximum Gasteiger partial charge on any atom is 0.272 e. The molecule has 0 radical (unpaired) electrons. The van der Waals surface area contributed by atoms with Crippen molar-refractivity contribution in [2.75, 3.05) is 10.6 Å². The Morgan fingerprint density at radius 2 is 1.72 bits per heavy atom. The zero-order chi connectivity index (χ0) is 23.4. The molecule has 0 saturated carbocycles. The van der Waals surface area contributed by atoms with Gasteiger partial charge in [0.05, 0.1) is 5.69 Å². The highest BCUT2D eigenvalue weighted by atomic mass is 32.1. The third-order valence-electron chi connectivity index (χ3n) is 4.94. The number of nitrogens with two attached hydrogens (primary N) is 2. The number of benzene rings is 2. The van der Waals surface area contributed by atoms with Gasteiger partial charge in [-0.25, -0.2) is 0 Å². The normalized spacial score (nSPS) is 11.6. The van der Waals surface area contributed by atoms with Gasteiger partial charge in [-0.3, -0.25) is 19.3 Å². The smallest absolute Gasteiger partial charge is 0.272 e. The molecule has 32 heavy (non-hydrogen) atoms. The van der Waals surface area contributed by atoms with Crippen LogP contribution in [0.25, 0.3) is 0 Å². The van der Waals surface area contributed by atoms with Crippen molar-refractivity contribution in [3.63, 3.8) is 0 Å². The van der Waals surface area contributed by atoms with Gasteiger partial charge in [0.25, 0.3) is 11.8 Å². The molecule has 3 aromatic rings. The molecule has 1 aromatic heterocycles. The van der Waals surface area contributed by atoms with E-state index in [9.17, 15) is 14.4 Å². The van der Waals surface area contributed by atoms with Crippen LogP contribution in [0, 0.1) is 13.8 Å². The molecule has 0 fully saturated rings. The van der Waals surface area contributed by atoms with E-state index in [2.05, 4.69) is 9.69 Å². The minimum absolute atomic E-state index is 0.0562. The van der Waals surface area contributed by atoms with Gasteiger partial charge in [-0.1, -0.05) is 36.4 Å². The Labute approximate surface area is 190 Å². The minimum Gasteiger partial charge on any atom is -0.395 e. The zero-order valence-electron chi connectivity index (χ0n) is 18.1. The number of hydrogen-bond acceptors (Lipinski definition) is 6. The lowest BCUT2D eigenvalue weighted by Gasteiger charge is -2.29. The van der Waals surface area contributed by atoms with Gasteiger partial charge in [0.1, 0.15) is 10.9 Å². The number of anilines is 2. The topological polar surface area (TPSA) is 131 Å². The molecule has 0 spiro atoms. The van der Waals surface area contributed by atoms with Crippen LogP contribution in [0.3, 0.4) is 0 Å². The second kappa shape index (κ2) is 9.61. The molecule has 8 nitrogen and oxygen atoms in total. The monoisotopic (exact) mass is 451 g/mol. The number of carbonyl (C=O) groups excluding carboxylic acids is 3. The first kappa shape index (κ1) is 23.0. The molecular formula is C23H25N5O3S. The van der Waals surface area contributed by atoms with Crippen LogP contribution in [-0.4, -0.2) is 28.1 Å². The van der Waals surface area contributed by atoms with Crippen molar-refractivity contribution in [2.45, 2.75) is 33.4 Å². The molecule has 3 amide bonds. The van der Waals surface area contributed by atoms with Crippen LogP contribution in [0.1, 0.15) is 43.8 Å². The van der Waals surface area contributed by atoms with E-state index in [1.165, 1.54) is 4.90 Å². The Morgan fingerprint density at radius 1 is 1.09 bits per heavy atom. The molecule has 2 aromatic carbocycles. The molecule has 9 heteroatoms. The first-order chi connectivity index (χ1) is 15.2. The van der Waals surface area contributed by atoms with E-state index in [-0.39, 0.29) is 22.2 Å². The Kier molecular flexibility index (Phi) is 6.89. The van der Waals surface area contributed by atoms with Crippen LogP contribution >= 0.6 is 11.5 Å². The maximum absolute atomic E-state index is 13.5. The number of nitrogens with zero attached hydrogens (tertiary/aromatic N) is 2. The molecule has 0 saturated heterocycles. The van der Waals surface area contributed by atoms with Gasteiger partial charge in [-0.15, -0.1) is 0 Å². The number of primary amides is 1. The highest BCUT2D eigenvalue weighted by Crippen LogP contribution is 2.28. The molecule has 166 valence electrons. The number of aryl methyl sites for hydroxylation is 2. The molecule has 5 N–H and O–H groups in total. The maximum atomic E-state index is 13.5. The molecular weight excluding hydrogens is 426 g/mol. The van der Waals surface area contributed by atoms with Gasteiger partial charge in [-0.2, -0.15) is 4.37 Å². The zero-order valence-corrected chi connectivity index (χ0v) is 18.9. The molecule has 0 aliphatic heterocycles. The Balaban J connectivity index is 1.95. The quantitative estimate of drug-likeness (QED) is 0.508. The second-order valence-corrected chi connectivity index (χ2v) is 8.31. The van der Waals surface area contributed by atoms with Crippen molar-refractivity contribution >= 4 is 40.6 Å². The molecule has 1 heterocycles. The van der Waals surface area contributed by atoms with Crippen molar-refractivity contribution in [1.29, 1.82) is 0 Å². The number of aromatic nitrogens is 1. The van der Waals surface area contributed by atoms with E-state index in [0.717, 1.165) is 28.2 Å². The van der Waals surface area contributed by atoms with Crippen LogP contribution in [0.15, 0.2) is 48.5 Å². The lowest BCUT2D eigenvalue weighted by molar-refractivity contribution is -0.122. The summed E-state index contributed by atoms with van der Waals surface area (Å²) in [6.45, 7) is 5.78. The van der Waals surface area contributed by atoms with Gasteiger partial charge < -0.3 is 16.8 Å². The van der Waals surface area contributed by atoms with Gasteiger partial charge in [0.15, 0.2) is 5.69 Å². The summed E-state index contributed by atoms with van der Waals surface area (Å²) >= 11 is 0.785. The summed E-state index contributed by atoms with van der Waals surface area (Å²) in [4.78, 5) is 39.5. The molecule has 0 aliphatic rings. The highest BCUT2D eigenvalue weighted by Gasteiger charge is 2.32. The number of amides is 3. The number of nitrogens with one attached hydrogen (secondary N) is 1. The third kappa shape index (κ3) is 4.94. The SMILES string of the molecule is Cc1cc(C)cc(N(C(=O)c2snc(C(N)=O)c2N)[C@H](C)C(=O)NCc2ccccc2)c1. The Morgan fingerprint density at radius 3 is 2.28 bits per heavy atom. The van der Waals surface area contributed by atoms with Crippen molar-refractivity contribution in [1.82, 2.24) is 9.69 Å². The summed E-state index contributed by atoms with van der Waals surface area (Å²) in [6, 6.07) is 14.2. The predicted octanol–water partition coefficient (Wildman–Crippen LogP) is 2.79. The largest absolute Gasteiger partial charge is 0.395 e. The van der Waals surface area contributed by atoms with E-state index >= 15 is 0 Å². The summed E-state index contributed by atoms with van der Waals surface area (Å²) in [5.41, 5.74) is 14.4. The van der Waals surface area contributed by atoms with E-state index in [1.54, 1.807) is 6.92 Å². The number of hydrogen-bond donors (Lipinski definition) is 3. The number of rotatable bonds is 7. The summed E-state index contributed by atoms with van der Waals surface area (Å²) in [6.07, 6.45) is 0. The van der Waals surface area contributed by atoms with E-state index in [1.807, 2.05) is 62.4 Å². The van der Waals surface area contributed by atoms with Crippen molar-refractivity contribution in [3.05, 3.63) is 75.8 Å². The summed E-state index contributed by atoms with van der Waals surface area (Å²) in [5.74, 6) is -1.68. The molecule has 3 rings (SSSR count). The van der Waals surface area contributed by atoms with Crippen LogP contribution in [-0.2, 0) is 11.3 Å². The van der Waals surface area contributed by atoms with Crippen molar-refractivity contribution < 1.29 is 14.4 Å². The second-order valence-electron chi connectivity index (χ2n) is 7.54. The Bertz CT molecular complexity index is 1140. The molecule has 0 bridgehead atoms. The fraction of sp³-hybridized carbons (Fsp3) is 0.217. The van der Waals surface area contributed by atoms with Gasteiger partial charge in [0, 0.05) is 12.2 Å². The lowest BCUT2D eigenvalue weighted by Crippen LogP contribution is -2.48. The fourth-order valence-electron chi connectivity index (χ4n) is 3.40. The average Bonchev–Trinajstić information content (AvgIpc) is 3.13. The fourth-order valence-corrected chi connectivity index (χ4v) is 4.14. The molecule has 0 unspecified atom stereocenters. The first-order valence-electron chi connectivity index (χ1n) is 9.97. The Hall–Kier alpha value is -3.72. The van der Waals surface area contributed by atoms with Crippen molar-refractivity contribution in [3.8, 4) is 0 Å². The molecule has 0 aliphatic carbocycles. The van der Waals surface area contributed by atoms with Crippen LogP contribution in [0.2, 0.25) is 0 Å². The van der Waals surface area contributed by atoms with Crippen LogP contribution in [0.4, 0.5) is 11.4 Å². The van der Waals surface area contributed by atoms with E-state index in [0.29, 0.717) is 12.2 Å². The van der Waals surface area contributed by atoms with E-state index < -0.39 is 17.9 Å². The highest BCUT2D eigenvalue weighted by molar-refractivity contribution is 7.09. The minimum atomic E-state index is -0.856. The van der Waals surface area contributed by atoms with Crippen molar-refractivity contribution in [2.24, 2.45) is 5.73 Å². The van der Waals surface area contributed by atoms with Gasteiger partial charge in [0.2, 0.25) is 5.91 Å². The summed E-state index contributed by atoms with van der Waals surface area (Å²) in [5, 5.41) is 2.87. The van der Waals surface area contributed by atoms with Crippen LogP contribution in [0.5, 0.6) is 0 Å².